The fourth-order valence-electron chi connectivity index (χ4n) is 2.88. The van der Waals surface area contributed by atoms with E-state index in [1.807, 2.05) is 36.1 Å². The molecule has 2 aromatic rings. The van der Waals surface area contributed by atoms with Gasteiger partial charge in [0.15, 0.2) is 5.69 Å². The number of piperazine rings is 1. The molecule has 0 saturated carbocycles. The number of nitrogens with zero attached hydrogens (tertiary/aromatic N) is 2. The van der Waals surface area contributed by atoms with Crippen molar-refractivity contribution >= 4 is 35.1 Å². The van der Waals surface area contributed by atoms with Crippen molar-refractivity contribution in [1.82, 2.24) is 25.7 Å². The first kappa shape index (κ1) is 18.2. The number of para-hydroxylation sites is 1. The minimum absolute atomic E-state index is 0. The van der Waals surface area contributed by atoms with Crippen molar-refractivity contribution < 1.29 is 9.59 Å². The van der Waals surface area contributed by atoms with Gasteiger partial charge in [0.1, 0.15) is 6.04 Å². The maximum atomic E-state index is 12.5. The number of hydrogen-bond acceptors (Lipinski definition) is 4. The highest BCUT2D eigenvalue weighted by atomic mass is 35.5. The van der Waals surface area contributed by atoms with E-state index in [1.54, 1.807) is 6.92 Å². The standard InChI is InChI=1S/C16H21N5O2.ClH/c1-10-9-17-7-8-21(10)16(23)11(2)18-15(22)14-12-5-3-4-6-13(12)19-20-14;/h3-6,10-11,17H,7-9H2,1-2H3,(H,18,22)(H,19,20);1H/t10-,11?;/m1./s1. The van der Waals surface area contributed by atoms with Gasteiger partial charge >= 0.3 is 0 Å². The highest BCUT2D eigenvalue weighted by Gasteiger charge is 2.28. The highest BCUT2D eigenvalue weighted by molar-refractivity contribution is 6.05. The third kappa shape index (κ3) is 3.52. The zero-order chi connectivity index (χ0) is 16.4. The van der Waals surface area contributed by atoms with Gasteiger partial charge < -0.3 is 15.5 Å². The number of carbonyl (C=O) groups excluding carboxylic acids is 2. The number of rotatable bonds is 3. The van der Waals surface area contributed by atoms with Gasteiger partial charge in [-0.2, -0.15) is 5.10 Å². The molecule has 2 amide bonds. The molecular weight excluding hydrogens is 330 g/mol. The quantitative estimate of drug-likeness (QED) is 0.767. The van der Waals surface area contributed by atoms with E-state index in [1.165, 1.54) is 0 Å². The topological polar surface area (TPSA) is 90.1 Å². The summed E-state index contributed by atoms with van der Waals surface area (Å²) in [7, 11) is 0. The molecule has 1 aliphatic rings. The number of amides is 2. The van der Waals surface area contributed by atoms with Crippen LogP contribution in [0.1, 0.15) is 24.3 Å². The molecule has 0 spiro atoms. The maximum absolute atomic E-state index is 12.5. The van der Waals surface area contributed by atoms with Crippen LogP contribution < -0.4 is 10.6 Å². The lowest BCUT2D eigenvalue weighted by Crippen LogP contribution is -2.57. The predicted octanol–water partition coefficient (Wildman–Crippen LogP) is 0.923. The fourth-order valence-corrected chi connectivity index (χ4v) is 2.88. The lowest BCUT2D eigenvalue weighted by molar-refractivity contribution is -0.135. The third-order valence-electron chi connectivity index (χ3n) is 4.19. The first-order valence-electron chi connectivity index (χ1n) is 7.83. The molecule has 2 atom stereocenters. The molecule has 8 heteroatoms. The predicted molar refractivity (Wildman–Crippen MR) is 94.3 cm³/mol. The largest absolute Gasteiger partial charge is 0.339 e. The van der Waals surface area contributed by atoms with Crippen molar-refractivity contribution in [2.75, 3.05) is 19.6 Å². The SMILES string of the molecule is CC(NC(=O)c1n[nH]c2ccccc12)C(=O)N1CCNC[C@H]1C.Cl. The molecule has 1 aromatic carbocycles. The number of aromatic nitrogens is 2. The number of halogens is 1. The van der Waals surface area contributed by atoms with Crippen molar-refractivity contribution in [3.05, 3.63) is 30.0 Å². The Bertz CT molecular complexity index is 732. The molecule has 1 unspecified atom stereocenters. The van der Waals surface area contributed by atoms with Gasteiger partial charge in [0.2, 0.25) is 5.91 Å². The molecule has 7 nitrogen and oxygen atoms in total. The lowest BCUT2D eigenvalue weighted by atomic mass is 10.1. The molecule has 0 radical (unpaired) electrons. The minimum Gasteiger partial charge on any atom is -0.339 e. The number of benzene rings is 1. The highest BCUT2D eigenvalue weighted by Crippen LogP contribution is 2.15. The van der Waals surface area contributed by atoms with Crippen LogP contribution in [0.15, 0.2) is 24.3 Å². The van der Waals surface area contributed by atoms with Crippen LogP contribution in [-0.4, -0.2) is 58.6 Å². The van der Waals surface area contributed by atoms with Crippen LogP contribution >= 0.6 is 12.4 Å². The Kier molecular flexibility index (Phi) is 5.80. The summed E-state index contributed by atoms with van der Waals surface area (Å²) in [5, 5.41) is 13.6. The van der Waals surface area contributed by atoms with E-state index in [4.69, 9.17) is 0 Å². The van der Waals surface area contributed by atoms with E-state index in [2.05, 4.69) is 20.8 Å². The molecule has 1 saturated heterocycles. The molecule has 2 heterocycles. The summed E-state index contributed by atoms with van der Waals surface area (Å²) in [5.41, 5.74) is 1.11. The molecule has 1 aromatic heterocycles. The van der Waals surface area contributed by atoms with E-state index in [9.17, 15) is 9.59 Å². The van der Waals surface area contributed by atoms with E-state index < -0.39 is 6.04 Å². The minimum atomic E-state index is -0.585. The smallest absolute Gasteiger partial charge is 0.273 e. The van der Waals surface area contributed by atoms with Crippen LogP contribution in [-0.2, 0) is 4.79 Å². The second kappa shape index (κ2) is 7.63. The molecular formula is C16H22ClN5O2. The number of carbonyl (C=O) groups is 2. The summed E-state index contributed by atoms with van der Waals surface area (Å²) in [6.45, 7) is 5.92. The Morgan fingerprint density at radius 3 is 2.88 bits per heavy atom. The first-order valence-corrected chi connectivity index (χ1v) is 7.83. The van der Waals surface area contributed by atoms with Crippen LogP contribution in [0.3, 0.4) is 0 Å². The first-order chi connectivity index (χ1) is 11.1. The van der Waals surface area contributed by atoms with Crippen molar-refractivity contribution in [3.8, 4) is 0 Å². The van der Waals surface area contributed by atoms with Crippen molar-refractivity contribution in [3.63, 3.8) is 0 Å². The third-order valence-corrected chi connectivity index (χ3v) is 4.19. The lowest BCUT2D eigenvalue weighted by Gasteiger charge is -2.35. The second-order valence-corrected chi connectivity index (χ2v) is 5.90. The fraction of sp³-hybridized carbons (Fsp3) is 0.438. The summed E-state index contributed by atoms with van der Waals surface area (Å²) in [5.74, 6) is -0.404. The second-order valence-electron chi connectivity index (χ2n) is 5.90. The Morgan fingerprint density at radius 2 is 2.12 bits per heavy atom. The van der Waals surface area contributed by atoms with Gasteiger partial charge in [0, 0.05) is 31.1 Å². The van der Waals surface area contributed by atoms with Crippen LogP contribution in [0.4, 0.5) is 0 Å². The van der Waals surface area contributed by atoms with Gasteiger partial charge in [0.25, 0.3) is 5.91 Å². The molecule has 24 heavy (non-hydrogen) atoms. The van der Waals surface area contributed by atoms with Crippen molar-refractivity contribution in [2.24, 2.45) is 0 Å². The van der Waals surface area contributed by atoms with Gasteiger partial charge in [-0.1, -0.05) is 18.2 Å². The number of aromatic amines is 1. The van der Waals surface area contributed by atoms with Crippen LogP contribution in [0.2, 0.25) is 0 Å². The van der Waals surface area contributed by atoms with Crippen LogP contribution in [0.5, 0.6) is 0 Å². The molecule has 0 aliphatic carbocycles. The maximum Gasteiger partial charge on any atom is 0.273 e. The average Bonchev–Trinajstić information content (AvgIpc) is 2.98. The summed E-state index contributed by atoms with van der Waals surface area (Å²) >= 11 is 0. The molecule has 1 aliphatic heterocycles. The van der Waals surface area contributed by atoms with Crippen LogP contribution in [0.25, 0.3) is 10.9 Å². The van der Waals surface area contributed by atoms with Crippen molar-refractivity contribution in [1.29, 1.82) is 0 Å². The summed E-state index contributed by atoms with van der Waals surface area (Å²) in [6.07, 6.45) is 0. The van der Waals surface area contributed by atoms with Gasteiger partial charge in [0.05, 0.1) is 5.52 Å². The van der Waals surface area contributed by atoms with Crippen LogP contribution in [0, 0.1) is 0 Å². The van der Waals surface area contributed by atoms with Gasteiger partial charge in [-0.15, -0.1) is 12.4 Å². The van der Waals surface area contributed by atoms with Gasteiger partial charge in [-0.3, -0.25) is 14.7 Å². The molecule has 1 fully saturated rings. The number of fused-ring (bicyclic) bond motifs is 1. The Hall–Kier alpha value is -2.12. The van der Waals surface area contributed by atoms with E-state index >= 15 is 0 Å². The monoisotopic (exact) mass is 351 g/mol. The summed E-state index contributed by atoms with van der Waals surface area (Å²) < 4.78 is 0. The Labute approximate surface area is 146 Å². The Balaban J connectivity index is 0.00000208. The molecule has 3 rings (SSSR count). The van der Waals surface area contributed by atoms with E-state index in [0.29, 0.717) is 12.2 Å². The zero-order valence-corrected chi connectivity index (χ0v) is 14.5. The Morgan fingerprint density at radius 1 is 1.38 bits per heavy atom. The molecule has 3 N–H and O–H groups in total. The van der Waals surface area contributed by atoms with E-state index in [0.717, 1.165) is 24.0 Å². The normalized spacial score (nSPS) is 18.8. The summed E-state index contributed by atoms with van der Waals surface area (Å²) in [6, 6.07) is 6.96. The average molecular weight is 352 g/mol. The van der Waals surface area contributed by atoms with Gasteiger partial charge in [-0.05, 0) is 19.9 Å². The van der Waals surface area contributed by atoms with Gasteiger partial charge in [-0.25, -0.2) is 0 Å². The summed E-state index contributed by atoms with van der Waals surface area (Å²) in [4.78, 5) is 26.8. The number of H-pyrrole nitrogens is 1. The molecule has 130 valence electrons. The van der Waals surface area contributed by atoms with Crippen molar-refractivity contribution in [2.45, 2.75) is 25.9 Å². The zero-order valence-electron chi connectivity index (χ0n) is 13.7. The van der Waals surface area contributed by atoms with E-state index in [-0.39, 0.29) is 30.3 Å². The number of hydrogen-bond donors (Lipinski definition) is 3. The number of nitrogens with one attached hydrogen (secondary N) is 3. The molecule has 0 bridgehead atoms.